The molecule has 1 aliphatic heterocycles. The average molecular weight is 660 g/mol. The van der Waals surface area contributed by atoms with E-state index in [1.807, 2.05) is 70.2 Å². The minimum Gasteiger partial charge on any atom is -0.459 e. The van der Waals surface area contributed by atoms with Gasteiger partial charge in [-0.2, -0.15) is 0 Å². The second-order valence-electron chi connectivity index (χ2n) is 14.6. The van der Waals surface area contributed by atoms with Crippen LogP contribution in [0, 0.1) is 5.92 Å². The molecule has 0 aromatic heterocycles. The first-order chi connectivity index (χ1) is 22.3. The standard InChI is InChI=1S/C39H53NO6Si/c1-29(35(43-8)34-25-18-26-40(34)37(42)46-38(2,3)4)36(41)45-31(27-30-19-12-9-13-20-30)28-44-47(39(5,6)7,32-21-14-10-15-22-32)33-23-16-11-17-24-33/h9-17,19-24,29,31,34-35H,18,25-28H2,1-8H3/t29-,31+,34+,35-/m1/s1. The monoisotopic (exact) mass is 659 g/mol. The van der Waals surface area contributed by atoms with Gasteiger partial charge in [0.1, 0.15) is 11.7 Å². The van der Waals surface area contributed by atoms with E-state index in [-0.39, 0.29) is 29.7 Å². The SMILES string of the molecule is CO[C@H]([C@@H](C)C(=O)O[C@H](CO[Si](c1ccccc1)(c1ccccc1)C(C)(C)C)Cc1ccccc1)[C@@H]1CCCN1C(=O)OC(C)(C)C. The number of carbonyl (C=O) groups excluding carboxylic acids is 2. The normalized spacial score (nSPS) is 17.5. The Morgan fingerprint density at radius 1 is 0.851 bits per heavy atom. The summed E-state index contributed by atoms with van der Waals surface area (Å²) in [5.74, 6) is -1.00. The highest BCUT2D eigenvalue weighted by molar-refractivity contribution is 6.99. The molecule has 0 radical (unpaired) electrons. The van der Waals surface area contributed by atoms with E-state index in [1.165, 1.54) is 10.4 Å². The predicted octanol–water partition coefficient (Wildman–Crippen LogP) is 6.77. The van der Waals surface area contributed by atoms with Gasteiger partial charge in [0.25, 0.3) is 8.32 Å². The molecule has 1 heterocycles. The molecule has 3 aromatic rings. The number of rotatable bonds is 12. The number of nitrogens with zero attached hydrogens (tertiary/aromatic N) is 1. The number of hydrogen-bond acceptors (Lipinski definition) is 6. The fourth-order valence-electron chi connectivity index (χ4n) is 6.77. The van der Waals surface area contributed by atoms with Crippen LogP contribution in [0.15, 0.2) is 91.0 Å². The van der Waals surface area contributed by atoms with Crippen molar-refractivity contribution in [2.75, 3.05) is 20.3 Å². The van der Waals surface area contributed by atoms with Crippen LogP contribution in [0.25, 0.3) is 0 Å². The van der Waals surface area contributed by atoms with Crippen LogP contribution < -0.4 is 10.4 Å². The van der Waals surface area contributed by atoms with E-state index in [1.54, 1.807) is 12.0 Å². The molecule has 1 aliphatic rings. The fourth-order valence-corrected chi connectivity index (χ4v) is 11.4. The van der Waals surface area contributed by atoms with Crippen molar-refractivity contribution in [3.05, 3.63) is 96.6 Å². The lowest BCUT2D eigenvalue weighted by molar-refractivity contribution is -0.161. The van der Waals surface area contributed by atoms with E-state index in [4.69, 9.17) is 18.6 Å². The zero-order valence-corrected chi connectivity index (χ0v) is 30.4. The van der Waals surface area contributed by atoms with E-state index < -0.39 is 32.0 Å². The maximum Gasteiger partial charge on any atom is 0.410 e. The number of hydrogen-bond donors (Lipinski definition) is 0. The highest BCUT2D eigenvalue weighted by Crippen LogP contribution is 2.37. The van der Waals surface area contributed by atoms with E-state index in [0.717, 1.165) is 18.4 Å². The summed E-state index contributed by atoms with van der Waals surface area (Å²) in [7, 11) is -1.28. The number of methoxy groups -OCH3 is 1. The maximum atomic E-state index is 14.0. The molecular weight excluding hydrogens is 607 g/mol. The summed E-state index contributed by atoms with van der Waals surface area (Å²) in [6, 6.07) is 30.7. The lowest BCUT2D eigenvalue weighted by Crippen LogP contribution is -2.67. The largest absolute Gasteiger partial charge is 0.459 e. The molecule has 1 fully saturated rings. The van der Waals surface area contributed by atoms with E-state index in [0.29, 0.717) is 13.0 Å². The molecule has 1 saturated heterocycles. The van der Waals surface area contributed by atoms with Crippen LogP contribution in [0.4, 0.5) is 4.79 Å². The van der Waals surface area contributed by atoms with Gasteiger partial charge in [-0.25, -0.2) is 4.79 Å². The first-order valence-corrected chi connectivity index (χ1v) is 18.7. The predicted molar refractivity (Wildman–Crippen MR) is 190 cm³/mol. The van der Waals surface area contributed by atoms with Crippen LogP contribution in [-0.2, 0) is 29.9 Å². The smallest absolute Gasteiger partial charge is 0.410 e. The zero-order valence-electron chi connectivity index (χ0n) is 29.4. The second kappa shape index (κ2) is 15.6. The van der Waals surface area contributed by atoms with Crippen molar-refractivity contribution >= 4 is 30.8 Å². The molecule has 0 N–H and O–H groups in total. The Kier molecular flexibility index (Phi) is 12.1. The molecule has 254 valence electrons. The van der Waals surface area contributed by atoms with Gasteiger partial charge < -0.3 is 23.5 Å². The summed E-state index contributed by atoms with van der Waals surface area (Å²) in [4.78, 5) is 28.8. The maximum absolute atomic E-state index is 14.0. The van der Waals surface area contributed by atoms with Crippen molar-refractivity contribution in [1.82, 2.24) is 4.90 Å². The van der Waals surface area contributed by atoms with Crippen LogP contribution in [0.5, 0.6) is 0 Å². The van der Waals surface area contributed by atoms with E-state index in [9.17, 15) is 9.59 Å². The molecule has 47 heavy (non-hydrogen) atoms. The summed E-state index contributed by atoms with van der Waals surface area (Å²) in [5.41, 5.74) is 0.437. The van der Waals surface area contributed by atoms with Gasteiger partial charge in [-0.05, 0) is 61.5 Å². The quantitative estimate of drug-likeness (QED) is 0.158. The highest BCUT2D eigenvalue weighted by atomic mass is 28.4. The van der Waals surface area contributed by atoms with Crippen molar-refractivity contribution in [1.29, 1.82) is 0 Å². The third-order valence-corrected chi connectivity index (χ3v) is 13.9. The third kappa shape index (κ3) is 8.92. The van der Waals surface area contributed by atoms with Crippen LogP contribution >= 0.6 is 0 Å². The third-order valence-electron chi connectivity index (χ3n) is 8.93. The Balaban J connectivity index is 1.62. The summed E-state index contributed by atoms with van der Waals surface area (Å²) in [6.45, 7) is 14.9. The minimum atomic E-state index is -2.87. The summed E-state index contributed by atoms with van der Waals surface area (Å²) >= 11 is 0. The van der Waals surface area contributed by atoms with Gasteiger partial charge in [0, 0.05) is 20.1 Å². The minimum absolute atomic E-state index is 0.223. The summed E-state index contributed by atoms with van der Waals surface area (Å²) in [5, 5.41) is 2.11. The Morgan fingerprint density at radius 2 is 1.38 bits per heavy atom. The number of amides is 1. The first-order valence-electron chi connectivity index (χ1n) is 16.8. The summed E-state index contributed by atoms with van der Waals surface area (Å²) in [6.07, 6.45) is 0.560. The molecule has 0 aliphatic carbocycles. The number of likely N-dealkylation sites (tertiary alicyclic amines) is 1. The fraction of sp³-hybridized carbons (Fsp3) is 0.487. The average Bonchev–Trinajstić information content (AvgIpc) is 3.51. The molecular formula is C39H53NO6Si. The van der Waals surface area contributed by atoms with Crippen molar-refractivity contribution < 1.29 is 28.2 Å². The Labute approximate surface area is 282 Å². The van der Waals surface area contributed by atoms with E-state index in [2.05, 4.69) is 69.3 Å². The Morgan fingerprint density at radius 3 is 1.87 bits per heavy atom. The number of benzene rings is 3. The molecule has 0 bridgehead atoms. The molecule has 7 nitrogen and oxygen atoms in total. The van der Waals surface area contributed by atoms with Crippen molar-refractivity contribution in [2.24, 2.45) is 5.92 Å². The van der Waals surface area contributed by atoms with E-state index >= 15 is 0 Å². The van der Waals surface area contributed by atoms with Crippen LogP contribution in [-0.4, -0.2) is 69.4 Å². The molecule has 4 rings (SSSR count). The van der Waals surface area contributed by atoms with Crippen molar-refractivity contribution in [2.45, 2.75) is 96.6 Å². The molecule has 4 atom stereocenters. The summed E-state index contributed by atoms with van der Waals surface area (Å²) < 4.78 is 25.2. The number of carbonyl (C=O) groups is 2. The zero-order chi connectivity index (χ0) is 34.2. The van der Waals surface area contributed by atoms with Gasteiger partial charge in [0.15, 0.2) is 0 Å². The first kappa shape index (κ1) is 36.4. The van der Waals surface area contributed by atoms with Crippen LogP contribution in [0.1, 0.15) is 66.9 Å². The van der Waals surface area contributed by atoms with Gasteiger partial charge in [0.2, 0.25) is 0 Å². The molecule has 0 unspecified atom stereocenters. The topological polar surface area (TPSA) is 74.3 Å². The van der Waals surface area contributed by atoms with Gasteiger partial charge in [-0.1, -0.05) is 112 Å². The van der Waals surface area contributed by atoms with Gasteiger partial charge in [0.05, 0.1) is 24.7 Å². The highest BCUT2D eigenvalue weighted by Gasteiger charge is 2.51. The Hall–Kier alpha value is -3.46. The molecule has 1 amide bonds. The number of esters is 1. The van der Waals surface area contributed by atoms with Gasteiger partial charge >= 0.3 is 12.1 Å². The second-order valence-corrected chi connectivity index (χ2v) is 18.9. The van der Waals surface area contributed by atoms with Crippen molar-refractivity contribution in [3.8, 4) is 0 Å². The van der Waals surface area contributed by atoms with Gasteiger partial charge in [-0.15, -0.1) is 0 Å². The lowest BCUT2D eigenvalue weighted by Gasteiger charge is -2.43. The lowest BCUT2D eigenvalue weighted by atomic mass is 9.95. The van der Waals surface area contributed by atoms with Crippen molar-refractivity contribution in [3.63, 3.8) is 0 Å². The molecule has 0 spiro atoms. The van der Waals surface area contributed by atoms with Crippen LogP contribution in [0.3, 0.4) is 0 Å². The van der Waals surface area contributed by atoms with Crippen LogP contribution in [0.2, 0.25) is 5.04 Å². The Bertz CT molecular complexity index is 1380. The number of ether oxygens (including phenoxy) is 3. The molecule has 0 saturated carbocycles. The molecule has 3 aromatic carbocycles. The molecule has 8 heteroatoms. The van der Waals surface area contributed by atoms with Gasteiger partial charge in [-0.3, -0.25) is 4.79 Å².